The van der Waals surface area contributed by atoms with Crippen molar-refractivity contribution in [1.29, 1.82) is 0 Å². The largest absolute Gasteiger partial charge is 0.464 e. The van der Waals surface area contributed by atoms with Crippen molar-refractivity contribution in [3.05, 3.63) is 47.2 Å². The van der Waals surface area contributed by atoms with Crippen LogP contribution in [0.4, 0.5) is 18.0 Å². The Morgan fingerprint density at radius 1 is 1.20 bits per heavy atom. The molecule has 1 atom stereocenters. The molecule has 0 aliphatic carbocycles. The summed E-state index contributed by atoms with van der Waals surface area (Å²) >= 11 is 0. The maximum absolute atomic E-state index is 13.8. The molecule has 2 aliphatic heterocycles. The summed E-state index contributed by atoms with van der Waals surface area (Å²) in [6.07, 6.45) is -3.89. The fourth-order valence-electron chi connectivity index (χ4n) is 3.90. The van der Waals surface area contributed by atoms with Crippen molar-refractivity contribution in [3.8, 4) is 11.3 Å². The van der Waals surface area contributed by atoms with Gasteiger partial charge in [-0.15, -0.1) is 0 Å². The minimum atomic E-state index is -4.71. The third-order valence-electron chi connectivity index (χ3n) is 5.15. The molecule has 3 heterocycles. The van der Waals surface area contributed by atoms with Gasteiger partial charge in [0.15, 0.2) is 0 Å². The van der Waals surface area contributed by atoms with Gasteiger partial charge in [0.2, 0.25) is 0 Å². The molecule has 0 spiro atoms. The van der Waals surface area contributed by atoms with Crippen LogP contribution in [0.2, 0.25) is 0 Å². The number of halogens is 3. The quantitative estimate of drug-likeness (QED) is 0.668. The monoisotopic (exact) mass is 422 g/mol. The second-order valence-corrected chi connectivity index (χ2v) is 8.40. The number of amides is 2. The first-order valence-corrected chi connectivity index (χ1v) is 9.53. The minimum absolute atomic E-state index is 0.0621. The third-order valence-corrected chi connectivity index (χ3v) is 5.15. The molecule has 1 fully saturated rings. The summed E-state index contributed by atoms with van der Waals surface area (Å²) in [5.74, 6) is -0.397. The smallest absolute Gasteiger partial charge is 0.417 e. The lowest BCUT2D eigenvalue weighted by molar-refractivity contribution is -0.137. The Balaban J connectivity index is 1.76. The van der Waals surface area contributed by atoms with Crippen LogP contribution in [0, 0.1) is 0 Å². The molecule has 30 heavy (non-hydrogen) atoms. The highest BCUT2D eigenvalue weighted by Gasteiger charge is 2.47. The van der Waals surface area contributed by atoms with Gasteiger partial charge < -0.3 is 19.0 Å². The van der Waals surface area contributed by atoms with Crippen LogP contribution >= 0.6 is 0 Å². The predicted molar refractivity (Wildman–Crippen MR) is 101 cm³/mol. The number of ether oxygens (including phenoxy) is 1. The van der Waals surface area contributed by atoms with Gasteiger partial charge in [0.05, 0.1) is 23.4 Å². The molecule has 6 nitrogen and oxygen atoms in total. The van der Waals surface area contributed by atoms with E-state index in [2.05, 4.69) is 0 Å². The number of alkyl halides is 3. The second-order valence-electron chi connectivity index (χ2n) is 8.40. The SMILES string of the molecule is CC(C)(C)OC(=O)N1CCN2C(=O)c3c(cc(-c4ccco4)cc3C(F)(F)F)[C@@H]2C1. The van der Waals surface area contributed by atoms with Crippen molar-refractivity contribution in [3.63, 3.8) is 0 Å². The molecule has 1 saturated heterocycles. The van der Waals surface area contributed by atoms with Gasteiger partial charge in [0, 0.05) is 25.2 Å². The van der Waals surface area contributed by atoms with Crippen molar-refractivity contribution >= 4 is 12.0 Å². The van der Waals surface area contributed by atoms with Gasteiger partial charge in [0.25, 0.3) is 5.91 Å². The van der Waals surface area contributed by atoms with E-state index in [-0.39, 0.29) is 42.1 Å². The van der Waals surface area contributed by atoms with Gasteiger partial charge in [-0.2, -0.15) is 13.2 Å². The number of benzene rings is 1. The maximum atomic E-state index is 13.8. The summed E-state index contributed by atoms with van der Waals surface area (Å²) in [5.41, 5.74) is -1.57. The minimum Gasteiger partial charge on any atom is -0.464 e. The van der Waals surface area contributed by atoms with Crippen LogP contribution in [-0.2, 0) is 10.9 Å². The summed E-state index contributed by atoms with van der Waals surface area (Å²) in [5, 5.41) is 0. The number of piperazine rings is 1. The molecule has 0 N–H and O–H groups in total. The molecular weight excluding hydrogens is 401 g/mol. The highest BCUT2D eigenvalue weighted by molar-refractivity contribution is 6.01. The van der Waals surface area contributed by atoms with Crippen LogP contribution in [0.5, 0.6) is 0 Å². The lowest BCUT2D eigenvalue weighted by Crippen LogP contribution is -2.50. The molecule has 0 saturated carbocycles. The van der Waals surface area contributed by atoms with Crippen LogP contribution in [0.25, 0.3) is 11.3 Å². The molecular formula is C21H21F3N2O4. The summed E-state index contributed by atoms with van der Waals surface area (Å²) in [7, 11) is 0. The average molecular weight is 422 g/mol. The molecule has 2 amide bonds. The van der Waals surface area contributed by atoms with Gasteiger partial charge in [-0.1, -0.05) is 0 Å². The second kappa shape index (κ2) is 6.78. The van der Waals surface area contributed by atoms with Crippen LogP contribution in [0.3, 0.4) is 0 Å². The van der Waals surface area contributed by atoms with Crippen LogP contribution in [-0.4, -0.2) is 47.0 Å². The van der Waals surface area contributed by atoms with Gasteiger partial charge >= 0.3 is 12.3 Å². The lowest BCUT2D eigenvalue weighted by Gasteiger charge is -2.38. The Labute approximate surface area is 171 Å². The predicted octanol–water partition coefficient (Wildman–Crippen LogP) is 4.71. The number of hydrogen-bond acceptors (Lipinski definition) is 4. The van der Waals surface area contributed by atoms with Gasteiger partial charge in [-0.25, -0.2) is 4.79 Å². The number of furan rings is 1. The molecule has 2 aliphatic rings. The Kier molecular flexibility index (Phi) is 4.59. The van der Waals surface area contributed by atoms with Gasteiger partial charge in [0.1, 0.15) is 11.4 Å². The van der Waals surface area contributed by atoms with Crippen molar-refractivity contribution in [2.45, 2.75) is 38.6 Å². The van der Waals surface area contributed by atoms with Crippen molar-refractivity contribution in [1.82, 2.24) is 9.80 Å². The lowest BCUT2D eigenvalue weighted by atomic mass is 9.94. The van der Waals surface area contributed by atoms with E-state index in [4.69, 9.17) is 9.15 Å². The first-order valence-electron chi connectivity index (χ1n) is 9.53. The van der Waals surface area contributed by atoms with E-state index in [1.807, 2.05) is 0 Å². The molecule has 9 heteroatoms. The first-order chi connectivity index (χ1) is 14.0. The standard InChI is InChI=1S/C21H21F3N2O4/c1-20(2,3)30-19(28)25-6-7-26-15(11-25)13-9-12(16-5-4-8-29-16)10-14(21(22,23)24)17(13)18(26)27/h4-5,8-10,15H,6-7,11H2,1-3H3/t15-/m0/s1. The fourth-order valence-corrected chi connectivity index (χ4v) is 3.90. The topological polar surface area (TPSA) is 63.0 Å². The Morgan fingerprint density at radius 2 is 1.93 bits per heavy atom. The van der Waals surface area contributed by atoms with E-state index in [1.54, 1.807) is 39.0 Å². The molecule has 160 valence electrons. The maximum Gasteiger partial charge on any atom is 0.417 e. The number of carbonyl (C=O) groups is 2. The zero-order valence-corrected chi connectivity index (χ0v) is 16.7. The molecule has 1 aromatic carbocycles. The molecule has 0 unspecified atom stereocenters. The zero-order chi connectivity index (χ0) is 21.8. The van der Waals surface area contributed by atoms with E-state index in [9.17, 15) is 22.8 Å². The van der Waals surface area contributed by atoms with Crippen molar-refractivity contribution in [2.75, 3.05) is 19.6 Å². The molecule has 2 aromatic rings. The first kappa shape index (κ1) is 20.3. The van der Waals surface area contributed by atoms with E-state index in [1.165, 1.54) is 16.1 Å². The summed E-state index contributed by atoms with van der Waals surface area (Å²) in [4.78, 5) is 28.2. The van der Waals surface area contributed by atoms with Gasteiger partial charge in [-0.05, 0) is 50.6 Å². The normalized spacial score (nSPS) is 19.0. The van der Waals surface area contributed by atoms with Crippen LogP contribution in [0.1, 0.15) is 48.3 Å². The molecule has 1 aromatic heterocycles. The Hall–Kier alpha value is -2.97. The number of hydrogen-bond donors (Lipinski definition) is 0. The summed E-state index contributed by atoms with van der Waals surface area (Å²) in [6, 6.07) is 4.96. The Morgan fingerprint density at radius 3 is 2.53 bits per heavy atom. The van der Waals surface area contributed by atoms with Crippen molar-refractivity contribution < 1.29 is 31.9 Å². The molecule has 0 bridgehead atoms. The fraction of sp³-hybridized carbons (Fsp3) is 0.429. The van der Waals surface area contributed by atoms with E-state index in [0.29, 0.717) is 0 Å². The average Bonchev–Trinajstić information content (AvgIpc) is 3.26. The molecule has 0 radical (unpaired) electrons. The summed E-state index contributed by atoms with van der Waals surface area (Å²) in [6.45, 7) is 5.59. The number of carbonyl (C=O) groups excluding carboxylic acids is 2. The van der Waals surface area contributed by atoms with E-state index >= 15 is 0 Å². The van der Waals surface area contributed by atoms with E-state index < -0.39 is 35.4 Å². The van der Waals surface area contributed by atoms with Gasteiger partial charge in [-0.3, -0.25) is 4.79 Å². The zero-order valence-electron chi connectivity index (χ0n) is 16.7. The number of rotatable bonds is 1. The highest BCUT2D eigenvalue weighted by Crippen LogP contribution is 2.45. The highest BCUT2D eigenvalue weighted by atomic mass is 19.4. The number of nitrogens with zero attached hydrogens (tertiary/aromatic N) is 2. The van der Waals surface area contributed by atoms with Crippen molar-refractivity contribution in [2.24, 2.45) is 0 Å². The van der Waals surface area contributed by atoms with E-state index in [0.717, 1.165) is 6.07 Å². The summed E-state index contributed by atoms with van der Waals surface area (Å²) < 4.78 is 52.1. The molecule has 4 rings (SSSR count). The third kappa shape index (κ3) is 3.53. The Bertz CT molecular complexity index is 993. The van der Waals surface area contributed by atoms with Crippen LogP contribution < -0.4 is 0 Å². The number of fused-ring (bicyclic) bond motifs is 3. The van der Waals surface area contributed by atoms with Crippen LogP contribution in [0.15, 0.2) is 34.9 Å².